The largest absolute Gasteiger partial charge is 0.461 e. The maximum Gasteiger partial charge on any atom is 0.360 e. The van der Waals surface area contributed by atoms with Gasteiger partial charge in [0.25, 0.3) is 0 Å². The summed E-state index contributed by atoms with van der Waals surface area (Å²) in [4.78, 5) is 15.7. The molecule has 1 aromatic heterocycles. The minimum absolute atomic E-state index is 0.195. The Morgan fingerprint density at radius 3 is 2.81 bits per heavy atom. The highest BCUT2D eigenvalue weighted by atomic mass is 16.5. The van der Waals surface area contributed by atoms with Gasteiger partial charge >= 0.3 is 5.97 Å². The number of hydrogen-bond acceptors (Lipinski definition) is 4. The Labute approximate surface area is 94.9 Å². The van der Waals surface area contributed by atoms with Crippen LogP contribution >= 0.6 is 0 Å². The van der Waals surface area contributed by atoms with Gasteiger partial charge < -0.3 is 15.0 Å². The Morgan fingerprint density at radius 2 is 2.31 bits per heavy atom. The molecule has 0 aromatic carbocycles. The number of nitrogens with zero attached hydrogens (tertiary/aromatic N) is 2. The van der Waals surface area contributed by atoms with E-state index in [0.29, 0.717) is 25.4 Å². The Hall–Kier alpha value is -1.78. The predicted molar refractivity (Wildman–Crippen MR) is 62.2 cm³/mol. The van der Waals surface area contributed by atoms with Gasteiger partial charge in [-0.1, -0.05) is 13.0 Å². The first-order chi connectivity index (χ1) is 7.65. The van der Waals surface area contributed by atoms with E-state index < -0.39 is 5.97 Å². The number of aromatic nitrogens is 2. The van der Waals surface area contributed by atoms with Gasteiger partial charge in [0.05, 0.1) is 6.61 Å². The van der Waals surface area contributed by atoms with Crippen molar-refractivity contribution in [1.29, 1.82) is 0 Å². The summed E-state index contributed by atoms with van der Waals surface area (Å²) in [6, 6.07) is 0. The summed E-state index contributed by atoms with van der Waals surface area (Å²) in [6.07, 6.45) is 2.42. The summed E-state index contributed by atoms with van der Waals surface area (Å²) in [5, 5.41) is 0. The van der Waals surface area contributed by atoms with Gasteiger partial charge in [-0.15, -0.1) is 6.58 Å². The minimum atomic E-state index is -0.475. The third-order valence-electron chi connectivity index (χ3n) is 2.18. The van der Waals surface area contributed by atoms with Gasteiger partial charge in [0.15, 0.2) is 5.69 Å². The van der Waals surface area contributed by atoms with Gasteiger partial charge in [-0.2, -0.15) is 0 Å². The Morgan fingerprint density at radius 1 is 1.62 bits per heavy atom. The van der Waals surface area contributed by atoms with Crippen molar-refractivity contribution >= 4 is 11.8 Å². The number of carbonyl (C=O) groups excluding carboxylic acids is 1. The molecule has 2 N–H and O–H groups in total. The summed E-state index contributed by atoms with van der Waals surface area (Å²) in [7, 11) is 0. The maximum absolute atomic E-state index is 11.5. The highest BCUT2D eigenvalue weighted by Gasteiger charge is 2.19. The summed E-state index contributed by atoms with van der Waals surface area (Å²) in [6.45, 7) is 8.20. The Balaban J connectivity index is 3.11. The maximum atomic E-state index is 11.5. The molecule has 0 bridgehead atoms. The van der Waals surface area contributed by atoms with Crippen LogP contribution in [0.15, 0.2) is 12.7 Å². The second kappa shape index (κ2) is 5.34. The quantitative estimate of drug-likeness (QED) is 0.605. The van der Waals surface area contributed by atoms with Crippen LogP contribution in [0, 0.1) is 0 Å². The second-order valence-electron chi connectivity index (χ2n) is 3.24. The van der Waals surface area contributed by atoms with Gasteiger partial charge in [0.1, 0.15) is 11.6 Å². The molecular formula is C11H17N3O2. The number of nitrogens with two attached hydrogens (primary N) is 1. The number of esters is 1. The third-order valence-corrected chi connectivity index (χ3v) is 2.18. The highest BCUT2D eigenvalue weighted by Crippen LogP contribution is 2.16. The number of rotatable bonds is 5. The molecule has 1 heterocycles. The van der Waals surface area contributed by atoms with E-state index in [4.69, 9.17) is 10.5 Å². The molecule has 0 unspecified atom stereocenters. The van der Waals surface area contributed by atoms with Crippen molar-refractivity contribution in [3.05, 3.63) is 24.2 Å². The van der Waals surface area contributed by atoms with E-state index in [1.165, 1.54) is 0 Å². The van der Waals surface area contributed by atoms with Crippen LogP contribution in [0.1, 0.15) is 30.2 Å². The molecule has 1 aromatic rings. The number of carbonyl (C=O) groups is 1. The SMILES string of the molecule is C=CCn1c(CC)nc(C(=O)OCC)c1N. The fourth-order valence-corrected chi connectivity index (χ4v) is 1.47. The monoisotopic (exact) mass is 223 g/mol. The molecule has 0 aliphatic heterocycles. The lowest BCUT2D eigenvalue weighted by Crippen LogP contribution is -2.10. The van der Waals surface area contributed by atoms with Crippen LogP contribution in [-0.2, 0) is 17.7 Å². The van der Waals surface area contributed by atoms with Gasteiger partial charge in [-0.3, -0.25) is 0 Å². The molecule has 5 heteroatoms. The molecule has 0 saturated carbocycles. The number of aryl methyl sites for hydroxylation is 1. The molecule has 0 spiro atoms. The molecule has 0 aliphatic rings. The van der Waals surface area contributed by atoms with Crippen LogP contribution in [0.3, 0.4) is 0 Å². The zero-order chi connectivity index (χ0) is 12.1. The average molecular weight is 223 g/mol. The van der Waals surface area contributed by atoms with Crippen molar-refractivity contribution in [3.63, 3.8) is 0 Å². The van der Waals surface area contributed by atoms with Crippen LogP contribution in [0.2, 0.25) is 0 Å². The van der Waals surface area contributed by atoms with E-state index in [0.717, 1.165) is 5.82 Å². The van der Waals surface area contributed by atoms with Crippen molar-refractivity contribution in [1.82, 2.24) is 9.55 Å². The molecule has 16 heavy (non-hydrogen) atoms. The number of imidazole rings is 1. The molecule has 1 rings (SSSR count). The molecule has 5 nitrogen and oxygen atoms in total. The van der Waals surface area contributed by atoms with E-state index in [1.807, 2.05) is 6.92 Å². The van der Waals surface area contributed by atoms with E-state index in [2.05, 4.69) is 11.6 Å². The second-order valence-corrected chi connectivity index (χ2v) is 3.24. The zero-order valence-corrected chi connectivity index (χ0v) is 9.69. The first-order valence-corrected chi connectivity index (χ1v) is 5.28. The van der Waals surface area contributed by atoms with Crippen molar-refractivity contribution in [2.45, 2.75) is 26.8 Å². The summed E-state index contributed by atoms with van der Waals surface area (Å²) in [5.41, 5.74) is 6.04. The first kappa shape index (κ1) is 12.3. The zero-order valence-electron chi connectivity index (χ0n) is 9.69. The van der Waals surface area contributed by atoms with Crippen molar-refractivity contribution in [2.75, 3.05) is 12.3 Å². The van der Waals surface area contributed by atoms with Crippen LogP contribution in [0.25, 0.3) is 0 Å². The third kappa shape index (κ3) is 2.24. The van der Waals surface area contributed by atoms with Crippen LogP contribution in [0.5, 0.6) is 0 Å². The van der Waals surface area contributed by atoms with E-state index in [9.17, 15) is 4.79 Å². The highest BCUT2D eigenvalue weighted by molar-refractivity contribution is 5.92. The smallest absolute Gasteiger partial charge is 0.360 e. The molecule has 0 atom stereocenters. The summed E-state index contributed by atoms with van der Waals surface area (Å²) in [5.74, 6) is 0.633. The fourth-order valence-electron chi connectivity index (χ4n) is 1.47. The van der Waals surface area contributed by atoms with E-state index in [-0.39, 0.29) is 5.69 Å². The lowest BCUT2D eigenvalue weighted by atomic mass is 10.4. The number of nitrogen functional groups attached to an aromatic ring is 1. The molecule has 0 aliphatic carbocycles. The topological polar surface area (TPSA) is 70.1 Å². The molecule has 88 valence electrons. The summed E-state index contributed by atoms with van der Waals surface area (Å²) < 4.78 is 6.64. The van der Waals surface area contributed by atoms with Gasteiger partial charge in [-0.05, 0) is 6.92 Å². The van der Waals surface area contributed by atoms with Crippen LogP contribution in [-0.4, -0.2) is 22.1 Å². The lowest BCUT2D eigenvalue weighted by Gasteiger charge is -2.04. The number of hydrogen-bond donors (Lipinski definition) is 1. The van der Waals surface area contributed by atoms with Crippen molar-refractivity contribution in [3.8, 4) is 0 Å². The minimum Gasteiger partial charge on any atom is -0.461 e. The molecule has 0 amide bonds. The van der Waals surface area contributed by atoms with Crippen molar-refractivity contribution in [2.24, 2.45) is 0 Å². The molecule has 0 radical (unpaired) electrons. The van der Waals surface area contributed by atoms with Crippen LogP contribution < -0.4 is 5.73 Å². The van der Waals surface area contributed by atoms with Crippen LogP contribution in [0.4, 0.5) is 5.82 Å². The van der Waals surface area contributed by atoms with Crippen molar-refractivity contribution < 1.29 is 9.53 Å². The van der Waals surface area contributed by atoms with E-state index in [1.54, 1.807) is 17.6 Å². The Kier molecular flexibility index (Phi) is 4.10. The molecular weight excluding hydrogens is 206 g/mol. The average Bonchev–Trinajstić information content (AvgIpc) is 2.57. The van der Waals surface area contributed by atoms with Gasteiger partial charge in [0, 0.05) is 13.0 Å². The standard InChI is InChI=1S/C11H17N3O2/c1-4-7-14-8(5-2)13-9(10(14)12)11(15)16-6-3/h4H,1,5-7,12H2,2-3H3. The number of anilines is 1. The summed E-state index contributed by atoms with van der Waals surface area (Å²) >= 11 is 0. The molecule has 0 fully saturated rings. The Bertz CT molecular complexity index is 396. The van der Waals surface area contributed by atoms with Gasteiger partial charge in [0.2, 0.25) is 0 Å². The van der Waals surface area contributed by atoms with Gasteiger partial charge in [-0.25, -0.2) is 9.78 Å². The predicted octanol–water partition coefficient (Wildman–Crippen LogP) is 1.39. The first-order valence-electron chi connectivity index (χ1n) is 5.28. The molecule has 0 saturated heterocycles. The number of ether oxygens (including phenoxy) is 1. The fraction of sp³-hybridized carbons (Fsp3) is 0.455. The van der Waals surface area contributed by atoms with E-state index >= 15 is 0 Å². The lowest BCUT2D eigenvalue weighted by molar-refractivity contribution is 0.0521. The number of allylic oxidation sites excluding steroid dienone is 1. The normalized spacial score (nSPS) is 10.1.